The Labute approximate surface area is 111 Å². The predicted molar refractivity (Wildman–Crippen MR) is 70.2 cm³/mol. The van der Waals surface area contributed by atoms with Crippen LogP contribution in [0.2, 0.25) is 0 Å². The lowest BCUT2D eigenvalue weighted by molar-refractivity contribution is -0.134. The molecule has 6 heteroatoms. The van der Waals surface area contributed by atoms with Crippen LogP contribution in [0.25, 0.3) is 0 Å². The lowest BCUT2D eigenvalue weighted by atomic mass is 9.99. The molecule has 0 aliphatic carbocycles. The number of hydrogen-bond donors (Lipinski definition) is 2. The number of hydroxylamine groups is 2. The Morgan fingerprint density at radius 1 is 1.47 bits per heavy atom. The zero-order valence-corrected chi connectivity index (χ0v) is 11.0. The molecule has 0 radical (unpaired) electrons. The maximum Gasteiger partial charge on any atom is 0.339 e. The SMILES string of the molecule is CC(=O)Nc1ccc2c(c1)CCON(C(N)=O)C2C. The molecule has 1 atom stereocenters. The van der Waals surface area contributed by atoms with Gasteiger partial charge >= 0.3 is 6.03 Å². The van der Waals surface area contributed by atoms with Crippen LogP contribution in [0.4, 0.5) is 10.5 Å². The number of fused-ring (bicyclic) bond motifs is 1. The van der Waals surface area contributed by atoms with Gasteiger partial charge in [-0.2, -0.15) is 5.06 Å². The van der Waals surface area contributed by atoms with Crippen molar-refractivity contribution in [2.45, 2.75) is 26.3 Å². The zero-order chi connectivity index (χ0) is 14.0. The van der Waals surface area contributed by atoms with Gasteiger partial charge in [0.25, 0.3) is 0 Å². The molecule has 102 valence electrons. The molecule has 3 amide bonds. The molecule has 3 N–H and O–H groups in total. The van der Waals surface area contributed by atoms with Crippen molar-refractivity contribution in [3.8, 4) is 0 Å². The second-order valence-corrected chi connectivity index (χ2v) is 4.52. The monoisotopic (exact) mass is 263 g/mol. The Hall–Kier alpha value is -2.08. The highest BCUT2D eigenvalue weighted by Gasteiger charge is 2.25. The number of urea groups is 1. The molecule has 19 heavy (non-hydrogen) atoms. The molecular formula is C13H17N3O3. The fourth-order valence-corrected chi connectivity index (χ4v) is 2.26. The maximum atomic E-state index is 11.3. The molecular weight excluding hydrogens is 246 g/mol. The molecule has 0 spiro atoms. The number of anilines is 1. The number of primary amides is 1. The van der Waals surface area contributed by atoms with E-state index in [1.807, 2.05) is 19.1 Å². The Bertz CT molecular complexity index is 516. The van der Waals surface area contributed by atoms with E-state index in [1.165, 1.54) is 12.0 Å². The van der Waals surface area contributed by atoms with Crippen molar-refractivity contribution in [2.75, 3.05) is 11.9 Å². The van der Waals surface area contributed by atoms with Gasteiger partial charge in [0, 0.05) is 12.6 Å². The quantitative estimate of drug-likeness (QED) is 0.806. The van der Waals surface area contributed by atoms with E-state index in [1.54, 1.807) is 6.07 Å². The first-order valence-electron chi connectivity index (χ1n) is 6.11. The lowest BCUT2D eigenvalue weighted by Gasteiger charge is -2.24. The van der Waals surface area contributed by atoms with Gasteiger partial charge in [-0.25, -0.2) is 4.79 Å². The summed E-state index contributed by atoms with van der Waals surface area (Å²) < 4.78 is 0. The molecule has 1 aliphatic rings. The first kappa shape index (κ1) is 13.4. The third kappa shape index (κ3) is 2.85. The van der Waals surface area contributed by atoms with Gasteiger partial charge < -0.3 is 11.1 Å². The molecule has 1 unspecified atom stereocenters. The van der Waals surface area contributed by atoms with E-state index in [0.717, 1.165) is 16.8 Å². The van der Waals surface area contributed by atoms with Crippen molar-refractivity contribution in [1.82, 2.24) is 5.06 Å². The van der Waals surface area contributed by atoms with Crippen molar-refractivity contribution >= 4 is 17.6 Å². The van der Waals surface area contributed by atoms with E-state index in [0.29, 0.717) is 13.0 Å². The molecule has 0 saturated carbocycles. The topological polar surface area (TPSA) is 84.7 Å². The largest absolute Gasteiger partial charge is 0.350 e. The summed E-state index contributed by atoms with van der Waals surface area (Å²) in [5.74, 6) is -0.114. The van der Waals surface area contributed by atoms with Crippen molar-refractivity contribution in [3.63, 3.8) is 0 Å². The predicted octanol–water partition coefficient (Wildman–Crippen LogP) is 1.57. The molecule has 6 nitrogen and oxygen atoms in total. The van der Waals surface area contributed by atoms with Crippen LogP contribution in [0.5, 0.6) is 0 Å². The summed E-state index contributed by atoms with van der Waals surface area (Å²) in [4.78, 5) is 27.7. The minimum Gasteiger partial charge on any atom is -0.350 e. The van der Waals surface area contributed by atoms with Crippen LogP contribution in [-0.2, 0) is 16.1 Å². The van der Waals surface area contributed by atoms with Gasteiger partial charge in [-0.15, -0.1) is 0 Å². The van der Waals surface area contributed by atoms with Crippen molar-refractivity contribution in [2.24, 2.45) is 5.73 Å². The second-order valence-electron chi connectivity index (χ2n) is 4.52. The number of nitrogens with zero attached hydrogens (tertiary/aromatic N) is 1. The van der Waals surface area contributed by atoms with Crippen molar-refractivity contribution in [3.05, 3.63) is 29.3 Å². The molecule has 0 saturated heterocycles. The van der Waals surface area contributed by atoms with Crippen LogP contribution in [-0.4, -0.2) is 23.6 Å². The van der Waals surface area contributed by atoms with E-state index in [2.05, 4.69) is 5.32 Å². The summed E-state index contributed by atoms with van der Waals surface area (Å²) in [6, 6.07) is 4.74. The smallest absolute Gasteiger partial charge is 0.339 e. The molecule has 1 heterocycles. The minimum atomic E-state index is -0.605. The molecule has 0 fully saturated rings. The fraction of sp³-hybridized carbons (Fsp3) is 0.385. The third-order valence-corrected chi connectivity index (χ3v) is 3.08. The van der Waals surface area contributed by atoms with Crippen molar-refractivity contribution < 1.29 is 14.4 Å². The molecule has 1 aliphatic heterocycles. The Morgan fingerprint density at radius 3 is 2.84 bits per heavy atom. The van der Waals surface area contributed by atoms with E-state index < -0.39 is 6.03 Å². The number of hydrogen-bond acceptors (Lipinski definition) is 3. The first-order chi connectivity index (χ1) is 8.99. The van der Waals surface area contributed by atoms with Gasteiger partial charge in [0.15, 0.2) is 0 Å². The number of carbonyl (C=O) groups excluding carboxylic acids is 2. The van der Waals surface area contributed by atoms with Gasteiger partial charge in [0.1, 0.15) is 0 Å². The summed E-state index contributed by atoms with van der Waals surface area (Å²) in [6.07, 6.45) is 0.664. The average molecular weight is 263 g/mol. The van der Waals surface area contributed by atoms with E-state index in [4.69, 9.17) is 10.6 Å². The number of nitrogens with one attached hydrogen (secondary N) is 1. The summed E-state index contributed by atoms with van der Waals surface area (Å²) in [7, 11) is 0. The summed E-state index contributed by atoms with van der Waals surface area (Å²) >= 11 is 0. The van der Waals surface area contributed by atoms with E-state index >= 15 is 0 Å². The van der Waals surface area contributed by atoms with Crippen molar-refractivity contribution in [1.29, 1.82) is 0 Å². The number of rotatable bonds is 1. The molecule has 0 aromatic heterocycles. The van der Waals surface area contributed by atoms with Gasteiger partial charge in [0.2, 0.25) is 5.91 Å². The standard InChI is InChI=1S/C13H17N3O3/c1-8-12-4-3-11(15-9(2)17)7-10(12)5-6-19-16(8)13(14)18/h3-4,7-8H,5-6H2,1-2H3,(H2,14,18)(H,15,17). The van der Waals surface area contributed by atoms with Gasteiger partial charge in [-0.3, -0.25) is 9.63 Å². The summed E-state index contributed by atoms with van der Waals surface area (Å²) in [5.41, 5.74) is 8.05. The molecule has 1 aromatic carbocycles. The summed E-state index contributed by atoms with van der Waals surface area (Å²) in [5, 5.41) is 3.92. The Morgan fingerprint density at radius 2 is 2.21 bits per heavy atom. The van der Waals surface area contributed by atoms with Crippen LogP contribution < -0.4 is 11.1 Å². The maximum absolute atomic E-state index is 11.3. The number of nitrogens with two attached hydrogens (primary N) is 1. The molecule has 2 rings (SSSR count). The number of amides is 3. The molecule has 0 bridgehead atoms. The number of benzene rings is 1. The van der Waals surface area contributed by atoms with E-state index in [9.17, 15) is 9.59 Å². The van der Waals surface area contributed by atoms with Crippen LogP contribution in [0.3, 0.4) is 0 Å². The van der Waals surface area contributed by atoms with Gasteiger partial charge in [-0.1, -0.05) is 6.07 Å². The molecule has 1 aromatic rings. The minimum absolute atomic E-state index is 0.114. The zero-order valence-electron chi connectivity index (χ0n) is 11.0. The number of carbonyl (C=O) groups is 2. The van der Waals surface area contributed by atoms with Gasteiger partial charge in [-0.05, 0) is 36.6 Å². The second kappa shape index (κ2) is 5.27. The fourth-order valence-electron chi connectivity index (χ4n) is 2.26. The van der Waals surface area contributed by atoms with Crippen LogP contribution in [0, 0.1) is 0 Å². The lowest BCUT2D eigenvalue weighted by Crippen LogP contribution is -2.37. The average Bonchev–Trinajstić information content (AvgIpc) is 2.48. The Kier molecular flexibility index (Phi) is 3.71. The van der Waals surface area contributed by atoms with Crippen LogP contribution in [0.1, 0.15) is 31.0 Å². The third-order valence-electron chi connectivity index (χ3n) is 3.08. The highest BCUT2D eigenvalue weighted by molar-refractivity contribution is 5.88. The van der Waals surface area contributed by atoms with Crippen LogP contribution in [0.15, 0.2) is 18.2 Å². The highest BCUT2D eigenvalue weighted by atomic mass is 16.7. The van der Waals surface area contributed by atoms with E-state index in [-0.39, 0.29) is 11.9 Å². The Balaban J connectivity index is 2.33. The van der Waals surface area contributed by atoms with Gasteiger partial charge in [0.05, 0.1) is 12.6 Å². The normalized spacial score (nSPS) is 18.4. The summed E-state index contributed by atoms with van der Waals surface area (Å²) in [6.45, 7) is 3.70. The highest BCUT2D eigenvalue weighted by Crippen LogP contribution is 2.29. The van der Waals surface area contributed by atoms with Crippen LogP contribution >= 0.6 is 0 Å². The first-order valence-corrected chi connectivity index (χ1v) is 6.11.